The van der Waals surface area contributed by atoms with Gasteiger partial charge >= 0.3 is 0 Å². The molecule has 0 atom stereocenters. The molecule has 0 rings (SSSR count). The summed E-state index contributed by atoms with van der Waals surface area (Å²) in [7, 11) is 0. The molecular weight excluding hydrogens is 214 g/mol. The van der Waals surface area contributed by atoms with Crippen molar-refractivity contribution in [2.75, 3.05) is 19.6 Å². The van der Waals surface area contributed by atoms with Crippen molar-refractivity contribution < 1.29 is 9.90 Å². The van der Waals surface area contributed by atoms with Gasteiger partial charge in [0.25, 0.3) is 5.97 Å². The van der Waals surface area contributed by atoms with E-state index in [1.165, 1.54) is 58.2 Å². The van der Waals surface area contributed by atoms with Crippen molar-refractivity contribution >= 4 is 5.97 Å². The molecule has 0 fully saturated rings. The van der Waals surface area contributed by atoms with Crippen LogP contribution in [-0.4, -0.2) is 35.6 Å². The van der Waals surface area contributed by atoms with E-state index in [0.717, 1.165) is 6.92 Å². The Morgan fingerprint density at radius 1 is 0.882 bits per heavy atom. The summed E-state index contributed by atoms with van der Waals surface area (Å²) < 4.78 is 0. The van der Waals surface area contributed by atoms with Crippen molar-refractivity contribution in [1.82, 2.24) is 4.90 Å². The fourth-order valence-corrected chi connectivity index (χ4v) is 1.48. The Bertz CT molecular complexity index is 137. The van der Waals surface area contributed by atoms with Gasteiger partial charge in [0.1, 0.15) is 0 Å². The van der Waals surface area contributed by atoms with Crippen LogP contribution in [0.15, 0.2) is 0 Å². The molecule has 0 heterocycles. The van der Waals surface area contributed by atoms with E-state index in [2.05, 4.69) is 25.7 Å². The molecule has 17 heavy (non-hydrogen) atoms. The highest BCUT2D eigenvalue weighted by atomic mass is 16.4. The molecule has 0 aromatic heterocycles. The normalized spacial score (nSPS) is 9.94. The van der Waals surface area contributed by atoms with Crippen LogP contribution in [0.3, 0.4) is 0 Å². The van der Waals surface area contributed by atoms with Gasteiger partial charge in [0.05, 0.1) is 0 Å². The van der Waals surface area contributed by atoms with E-state index in [0.29, 0.717) is 0 Å². The van der Waals surface area contributed by atoms with Crippen LogP contribution >= 0.6 is 0 Å². The molecule has 0 aromatic rings. The van der Waals surface area contributed by atoms with Crippen LogP contribution in [0.1, 0.15) is 66.2 Å². The van der Waals surface area contributed by atoms with E-state index in [4.69, 9.17) is 9.90 Å². The second-order valence-corrected chi connectivity index (χ2v) is 4.42. The maximum absolute atomic E-state index is 9.00. The average Bonchev–Trinajstić information content (AvgIpc) is 2.27. The Morgan fingerprint density at radius 2 is 1.12 bits per heavy atom. The van der Waals surface area contributed by atoms with E-state index >= 15 is 0 Å². The zero-order chi connectivity index (χ0) is 13.5. The molecule has 3 heteroatoms. The number of carboxylic acids is 1. The Morgan fingerprint density at radius 3 is 1.29 bits per heavy atom. The number of aliphatic carboxylic acids is 1. The molecule has 0 aliphatic rings. The van der Waals surface area contributed by atoms with Crippen LogP contribution in [0.4, 0.5) is 0 Å². The smallest absolute Gasteiger partial charge is 0.300 e. The maximum atomic E-state index is 9.00. The number of unbranched alkanes of at least 4 members (excludes halogenated alkanes) is 3. The number of hydrogen-bond acceptors (Lipinski definition) is 2. The Labute approximate surface area is 107 Å². The SMILES string of the molecule is CC(=O)O.CCCCN(CCCC)CCCC. The predicted molar refractivity (Wildman–Crippen MR) is 74.5 cm³/mol. The highest BCUT2D eigenvalue weighted by molar-refractivity contribution is 5.62. The lowest BCUT2D eigenvalue weighted by atomic mass is 10.2. The number of carboxylic acid groups (broad SMARTS) is 1. The standard InChI is InChI=1S/C12H27N.C2H4O2/c1-4-7-10-13(11-8-5-2)12-9-6-3;1-2(3)4/h4-12H2,1-3H3;1H3,(H,3,4). The summed E-state index contributed by atoms with van der Waals surface area (Å²) in [4.78, 5) is 11.6. The van der Waals surface area contributed by atoms with Gasteiger partial charge < -0.3 is 10.0 Å². The lowest BCUT2D eigenvalue weighted by molar-refractivity contribution is -0.134. The summed E-state index contributed by atoms with van der Waals surface area (Å²) in [6, 6.07) is 0. The van der Waals surface area contributed by atoms with Crippen LogP contribution < -0.4 is 0 Å². The van der Waals surface area contributed by atoms with Gasteiger partial charge in [0.15, 0.2) is 0 Å². The van der Waals surface area contributed by atoms with Gasteiger partial charge in [-0.1, -0.05) is 40.0 Å². The van der Waals surface area contributed by atoms with E-state index in [1.54, 1.807) is 0 Å². The summed E-state index contributed by atoms with van der Waals surface area (Å²) in [6.45, 7) is 11.9. The van der Waals surface area contributed by atoms with Crippen molar-refractivity contribution in [3.63, 3.8) is 0 Å². The molecular formula is C14H31NO2. The van der Waals surface area contributed by atoms with Crippen molar-refractivity contribution in [1.29, 1.82) is 0 Å². The van der Waals surface area contributed by atoms with Crippen LogP contribution in [0.2, 0.25) is 0 Å². The third-order valence-electron chi connectivity index (χ3n) is 2.48. The van der Waals surface area contributed by atoms with E-state index in [9.17, 15) is 0 Å². The largest absolute Gasteiger partial charge is 0.481 e. The first-order valence-electron chi connectivity index (χ1n) is 7.00. The zero-order valence-electron chi connectivity index (χ0n) is 12.2. The quantitative estimate of drug-likeness (QED) is 0.672. The number of carbonyl (C=O) groups is 1. The molecule has 0 bridgehead atoms. The topological polar surface area (TPSA) is 40.5 Å². The average molecular weight is 245 g/mol. The molecule has 3 nitrogen and oxygen atoms in total. The first kappa shape index (κ1) is 18.8. The van der Waals surface area contributed by atoms with Gasteiger partial charge in [-0.25, -0.2) is 0 Å². The highest BCUT2D eigenvalue weighted by Crippen LogP contribution is 2.01. The molecule has 0 saturated carbocycles. The monoisotopic (exact) mass is 245 g/mol. The second kappa shape index (κ2) is 15.4. The van der Waals surface area contributed by atoms with Gasteiger partial charge in [-0.2, -0.15) is 0 Å². The van der Waals surface area contributed by atoms with Gasteiger partial charge in [-0.15, -0.1) is 0 Å². The van der Waals surface area contributed by atoms with Gasteiger partial charge in [-0.3, -0.25) is 4.79 Å². The third-order valence-corrected chi connectivity index (χ3v) is 2.48. The Kier molecular flexibility index (Phi) is 17.1. The van der Waals surface area contributed by atoms with Crippen LogP contribution in [0, 0.1) is 0 Å². The molecule has 0 aromatic carbocycles. The van der Waals surface area contributed by atoms with Crippen LogP contribution in [0.25, 0.3) is 0 Å². The zero-order valence-corrected chi connectivity index (χ0v) is 12.2. The molecule has 0 amide bonds. The molecule has 0 aliphatic carbocycles. The summed E-state index contributed by atoms with van der Waals surface area (Å²) >= 11 is 0. The molecule has 104 valence electrons. The molecule has 1 N–H and O–H groups in total. The van der Waals surface area contributed by atoms with Crippen molar-refractivity contribution in [3.8, 4) is 0 Å². The predicted octanol–water partition coefficient (Wildman–Crippen LogP) is 3.78. The van der Waals surface area contributed by atoms with Crippen LogP contribution in [0.5, 0.6) is 0 Å². The summed E-state index contributed by atoms with van der Waals surface area (Å²) in [5.74, 6) is -0.833. The molecule has 0 saturated heterocycles. The van der Waals surface area contributed by atoms with Crippen molar-refractivity contribution in [2.45, 2.75) is 66.2 Å². The lowest BCUT2D eigenvalue weighted by Gasteiger charge is -2.21. The summed E-state index contributed by atoms with van der Waals surface area (Å²) in [6.07, 6.45) is 8.09. The second-order valence-electron chi connectivity index (χ2n) is 4.42. The van der Waals surface area contributed by atoms with Gasteiger partial charge in [0.2, 0.25) is 0 Å². The van der Waals surface area contributed by atoms with Gasteiger partial charge in [0, 0.05) is 6.92 Å². The third kappa shape index (κ3) is 21.3. The van der Waals surface area contributed by atoms with Crippen molar-refractivity contribution in [3.05, 3.63) is 0 Å². The van der Waals surface area contributed by atoms with Crippen molar-refractivity contribution in [2.24, 2.45) is 0 Å². The van der Waals surface area contributed by atoms with E-state index in [1.807, 2.05) is 0 Å². The minimum Gasteiger partial charge on any atom is -0.481 e. The fraction of sp³-hybridized carbons (Fsp3) is 0.929. The van der Waals surface area contributed by atoms with Crippen LogP contribution in [-0.2, 0) is 4.79 Å². The minimum absolute atomic E-state index is 0.833. The van der Waals surface area contributed by atoms with Gasteiger partial charge in [-0.05, 0) is 38.9 Å². The number of hydrogen-bond donors (Lipinski definition) is 1. The van der Waals surface area contributed by atoms with E-state index in [-0.39, 0.29) is 0 Å². The van der Waals surface area contributed by atoms with E-state index < -0.39 is 5.97 Å². The summed E-state index contributed by atoms with van der Waals surface area (Å²) in [5.41, 5.74) is 0. The molecule has 0 aliphatic heterocycles. The number of nitrogens with zero attached hydrogens (tertiary/aromatic N) is 1. The Hall–Kier alpha value is -0.570. The maximum Gasteiger partial charge on any atom is 0.300 e. The number of rotatable bonds is 9. The molecule has 0 unspecified atom stereocenters. The molecule has 0 spiro atoms. The first-order valence-corrected chi connectivity index (χ1v) is 7.00. The minimum atomic E-state index is -0.833. The Balaban J connectivity index is 0. The highest BCUT2D eigenvalue weighted by Gasteiger charge is 2.01. The fourth-order valence-electron chi connectivity index (χ4n) is 1.48. The summed E-state index contributed by atoms with van der Waals surface area (Å²) in [5, 5.41) is 7.42. The first-order chi connectivity index (χ1) is 8.08. The molecule has 0 radical (unpaired) electrons. The lowest BCUT2D eigenvalue weighted by Crippen LogP contribution is -2.27.